The second kappa shape index (κ2) is 7.13. The quantitative estimate of drug-likeness (QED) is 0.368. The molecule has 2 fully saturated rings. The number of nitrogens with one attached hydrogen (secondary N) is 2. The zero-order valence-electron chi connectivity index (χ0n) is 11.7. The fraction of sp³-hybridized carbons (Fsp3) is 0.769. The Kier molecular flexibility index (Phi) is 5.46. The molecule has 8 heteroatoms. The van der Waals surface area contributed by atoms with Crippen molar-refractivity contribution in [3.8, 4) is 0 Å². The van der Waals surface area contributed by atoms with Gasteiger partial charge in [0, 0.05) is 17.4 Å². The summed E-state index contributed by atoms with van der Waals surface area (Å²) in [7, 11) is 0. The van der Waals surface area contributed by atoms with Crippen LogP contribution in [-0.2, 0) is 9.59 Å². The number of fused-ring (bicyclic) bond motifs is 1. The highest BCUT2D eigenvalue weighted by Gasteiger charge is 2.42. The van der Waals surface area contributed by atoms with Gasteiger partial charge >= 0.3 is 12.0 Å². The third kappa shape index (κ3) is 3.88. The number of carbonyl (C=O) groups excluding carboxylic acids is 2. The summed E-state index contributed by atoms with van der Waals surface area (Å²) >= 11 is 1.79. The van der Waals surface area contributed by atoms with E-state index in [-0.39, 0.29) is 42.1 Å². The molecule has 0 radical (unpaired) electrons. The molecule has 0 bridgehead atoms. The van der Waals surface area contributed by atoms with E-state index in [0.29, 0.717) is 12.8 Å². The van der Waals surface area contributed by atoms with Crippen LogP contribution in [0.4, 0.5) is 4.79 Å². The molecular formula is C13H21N3O4S. The summed E-state index contributed by atoms with van der Waals surface area (Å²) in [5, 5.41) is 15.2. The summed E-state index contributed by atoms with van der Waals surface area (Å²) in [5.74, 6) is -1.44. The van der Waals surface area contributed by atoms with Crippen LogP contribution in [0.1, 0.15) is 25.7 Å². The maximum absolute atomic E-state index is 11.7. The largest absolute Gasteiger partial charge is 0.481 e. The summed E-state index contributed by atoms with van der Waals surface area (Å²) in [6.07, 6.45) is 1.90. The van der Waals surface area contributed by atoms with Gasteiger partial charge in [-0.1, -0.05) is 6.42 Å². The fourth-order valence-corrected chi connectivity index (χ4v) is 4.45. The number of amides is 2. The van der Waals surface area contributed by atoms with Gasteiger partial charge in [0.25, 0.3) is 0 Å². The molecule has 2 aliphatic rings. The Morgan fingerprint density at radius 3 is 2.86 bits per heavy atom. The van der Waals surface area contributed by atoms with Crippen LogP contribution in [0.2, 0.25) is 0 Å². The maximum Gasteiger partial charge on any atom is 0.315 e. The molecular weight excluding hydrogens is 294 g/mol. The molecule has 7 nitrogen and oxygen atoms in total. The summed E-state index contributed by atoms with van der Waals surface area (Å²) in [4.78, 5) is 34.1. The van der Waals surface area contributed by atoms with E-state index in [1.165, 1.54) is 0 Å². The van der Waals surface area contributed by atoms with E-state index in [2.05, 4.69) is 10.6 Å². The average Bonchev–Trinajstić information content (AvgIpc) is 2.94. The number of ketones is 1. The van der Waals surface area contributed by atoms with Gasteiger partial charge < -0.3 is 21.5 Å². The lowest BCUT2D eigenvalue weighted by atomic mass is 9.93. The Hall–Kier alpha value is -1.28. The number of hydrogen-bond donors (Lipinski definition) is 4. The van der Waals surface area contributed by atoms with Crippen molar-refractivity contribution < 1.29 is 19.5 Å². The van der Waals surface area contributed by atoms with Gasteiger partial charge in [-0.2, -0.15) is 11.8 Å². The molecule has 2 aliphatic heterocycles. The molecule has 4 atom stereocenters. The van der Waals surface area contributed by atoms with Crippen LogP contribution in [0, 0.1) is 5.92 Å². The minimum atomic E-state index is -1.07. The van der Waals surface area contributed by atoms with Crippen LogP contribution < -0.4 is 16.4 Å². The van der Waals surface area contributed by atoms with Crippen molar-refractivity contribution in [3.05, 3.63) is 0 Å². The van der Waals surface area contributed by atoms with Crippen molar-refractivity contribution >= 4 is 29.5 Å². The number of nitrogens with two attached hydrogens (primary N) is 1. The van der Waals surface area contributed by atoms with Crippen molar-refractivity contribution in [3.63, 3.8) is 0 Å². The van der Waals surface area contributed by atoms with Crippen molar-refractivity contribution in [1.29, 1.82) is 0 Å². The van der Waals surface area contributed by atoms with Crippen molar-refractivity contribution in [2.24, 2.45) is 11.7 Å². The number of aliphatic carboxylic acids is 1. The molecule has 2 rings (SSSR count). The third-order valence-electron chi connectivity index (χ3n) is 4.00. The van der Waals surface area contributed by atoms with Crippen LogP contribution >= 0.6 is 11.8 Å². The molecule has 5 N–H and O–H groups in total. The van der Waals surface area contributed by atoms with Gasteiger partial charge in [-0.25, -0.2) is 4.79 Å². The zero-order chi connectivity index (χ0) is 15.4. The second-order valence-corrected chi connectivity index (χ2v) is 6.72. The summed E-state index contributed by atoms with van der Waals surface area (Å²) < 4.78 is 0. The van der Waals surface area contributed by atoms with Gasteiger partial charge in [-0.05, 0) is 19.4 Å². The van der Waals surface area contributed by atoms with Crippen LogP contribution in [-0.4, -0.2) is 52.5 Å². The maximum atomic E-state index is 11.7. The monoisotopic (exact) mass is 315 g/mol. The van der Waals surface area contributed by atoms with Crippen LogP contribution in [0.3, 0.4) is 0 Å². The normalized spacial score (nSPS) is 28.6. The Bertz CT molecular complexity index is 432. The molecule has 0 aliphatic carbocycles. The Labute approximate surface area is 127 Å². The van der Waals surface area contributed by atoms with Crippen LogP contribution in [0.5, 0.6) is 0 Å². The van der Waals surface area contributed by atoms with E-state index in [1.54, 1.807) is 11.8 Å². The molecule has 2 saturated heterocycles. The number of rotatable bonds is 8. The highest BCUT2D eigenvalue weighted by molar-refractivity contribution is 8.00. The van der Waals surface area contributed by atoms with Crippen molar-refractivity contribution in [2.75, 3.05) is 12.3 Å². The van der Waals surface area contributed by atoms with Crippen molar-refractivity contribution in [1.82, 2.24) is 10.6 Å². The Morgan fingerprint density at radius 2 is 2.19 bits per heavy atom. The van der Waals surface area contributed by atoms with Gasteiger partial charge in [0.05, 0.1) is 12.1 Å². The van der Waals surface area contributed by atoms with Gasteiger partial charge in [-0.3, -0.25) is 9.59 Å². The first kappa shape index (κ1) is 16.1. The van der Waals surface area contributed by atoms with E-state index >= 15 is 0 Å². The molecule has 0 aromatic rings. The van der Waals surface area contributed by atoms with E-state index < -0.39 is 11.9 Å². The molecule has 0 spiro atoms. The van der Waals surface area contributed by atoms with E-state index in [4.69, 9.17) is 10.8 Å². The minimum absolute atomic E-state index is 0.111. The minimum Gasteiger partial charge on any atom is -0.481 e. The van der Waals surface area contributed by atoms with Gasteiger partial charge in [0.1, 0.15) is 11.7 Å². The van der Waals surface area contributed by atoms with E-state index in [9.17, 15) is 14.4 Å². The molecule has 118 valence electrons. The predicted molar refractivity (Wildman–Crippen MR) is 79.1 cm³/mol. The van der Waals surface area contributed by atoms with Crippen molar-refractivity contribution in [2.45, 2.75) is 43.0 Å². The van der Waals surface area contributed by atoms with E-state index in [1.807, 2.05) is 0 Å². The van der Waals surface area contributed by atoms with Gasteiger partial charge in [-0.15, -0.1) is 0 Å². The first-order valence-electron chi connectivity index (χ1n) is 7.17. The van der Waals surface area contributed by atoms with E-state index in [0.717, 1.165) is 12.2 Å². The molecule has 0 saturated carbocycles. The highest BCUT2D eigenvalue weighted by Crippen LogP contribution is 2.33. The summed E-state index contributed by atoms with van der Waals surface area (Å²) in [6, 6.07) is 0.156. The lowest BCUT2D eigenvalue weighted by Gasteiger charge is -2.17. The third-order valence-corrected chi connectivity index (χ3v) is 5.51. The smallest absolute Gasteiger partial charge is 0.315 e. The molecule has 2 heterocycles. The number of carbonyl (C=O) groups is 3. The summed E-state index contributed by atoms with van der Waals surface area (Å²) in [5.41, 5.74) is 5.30. The Morgan fingerprint density at radius 1 is 1.43 bits per heavy atom. The molecule has 21 heavy (non-hydrogen) atoms. The number of hydrogen-bond acceptors (Lipinski definition) is 5. The molecule has 0 aromatic heterocycles. The van der Waals surface area contributed by atoms with Crippen LogP contribution in [0.25, 0.3) is 0 Å². The number of urea groups is 1. The standard InChI is InChI=1S/C13H21N3O4S/c14-5-4-9(17)7(12(18)19)2-1-3-10-11-8(6-21-10)15-13(20)16-11/h7-8,10-11H,1-6,14H2,(H,18,19)(H2,15,16,20)/t7?,8-,10-,11-/m0/s1. The highest BCUT2D eigenvalue weighted by atomic mass is 32.2. The second-order valence-electron chi connectivity index (χ2n) is 5.45. The number of carboxylic acids is 1. The number of carboxylic acid groups (broad SMARTS) is 1. The zero-order valence-corrected chi connectivity index (χ0v) is 12.5. The first-order valence-corrected chi connectivity index (χ1v) is 8.22. The molecule has 2 amide bonds. The lowest BCUT2D eigenvalue weighted by molar-refractivity contribution is -0.146. The fourth-order valence-electron chi connectivity index (χ4n) is 2.90. The first-order chi connectivity index (χ1) is 10.0. The number of thioether (sulfide) groups is 1. The van der Waals surface area contributed by atoms with Crippen LogP contribution in [0.15, 0.2) is 0 Å². The SMILES string of the molecule is NCCC(=O)C(CCC[C@@H]1SC[C@@H]2NC(=O)N[C@@H]21)C(=O)O. The summed E-state index contributed by atoms with van der Waals surface area (Å²) in [6.45, 7) is 0.183. The van der Waals surface area contributed by atoms with Gasteiger partial charge in [0.15, 0.2) is 0 Å². The van der Waals surface area contributed by atoms with Gasteiger partial charge in [0.2, 0.25) is 0 Å². The molecule has 1 unspecified atom stereocenters. The average molecular weight is 315 g/mol. The molecule has 0 aromatic carbocycles. The Balaban J connectivity index is 1.78. The number of Topliss-reactive ketones (excluding diaryl/α,β-unsaturated/α-hetero) is 1. The lowest BCUT2D eigenvalue weighted by Crippen LogP contribution is -2.37. The predicted octanol–water partition coefficient (Wildman–Crippen LogP) is -0.0592. The topological polar surface area (TPSA) is 122 Å².